The minimum absolute atomic E-state index is 0.0150. The second-order valence-corrected chi connectivity index (χ2v) is 12.6. The number of carbonyl (C=O) groups is 3. The Balaban J connectivity index is 1.38. The number of nitrogen functional groups attached to an aromatic ring is 1. The molecule has 0 aliphatic carbocycles. The number of benzene rings is 1. The number of hydrogen-bond donors (Lipinski definition) is 2. The van der Waals surface area contributed by atoms with E-state index in [1.165, 1.54) is 63.9 Å². The maximum atomic E-state index is 13.5. The zero-order valence-electron chi connectivity index (χ0n) is 22.8. The molecule has 0 spiro atoms. The number of esters is 1. The first-order chi connectivity index (χ1) is 20.7. The molecule has 12 nitrogen and oxygen atoms in total. The monoisotopic (exact) mass is 660 g/mol. The molecule has 43 heavy (non-hydrogen) atoms. The molecule has 0 bridgehead atoms. The van der Waals surface area contributed by atoms with Crippen LogP contribution in [0.5, 0.6) is 0 Å². The van der Waals surface area contributed by atoms with Crippen LogP contribution in [0.15, 0.2) is 69.1 Å². The number of fused-ring (bicyclic) bond motifs is 1. The Labute approximate surface area is 263 Å². The lowest BCUT2D eigenvalue weighted by molar-refractivity contribution is -0.153. The number of halogens is 1. The number of nitrogens with one attached hydrogen (secondary N) is 1. The molecule has 1 aromatic carbocycles. The number of carbonyl (C=O) groups excluding carboxylic acids is 3. The number of amides is 2. The Morgan fingerprint density at radius 2 is 2.05 bits per heavy atom. The van der Waals surface area contributed by atoms with Gasteiger partial charge in [-0.3, -0.25) is 24.0 Å². The van der Waals surface area contributed by atoms with E-state index in [2.05, 4.69) is 15.4 Å². The third-order valence-electron chi connectivity index (χ3n) is 6.43. The smallest absolute Gasteiger partial charge is 0.355 e. The number of methoxy groups -OCH3 is 1. The van der Waals surface area contributed by atoms with Gasteiger partial charge in [0.15, 0.2) is 10.3 Å². The molecule has 2 aromatic heterocycles. The maximum Gasteiger partial charge on any atom is 0.355 e. The van der Waals surface area contributed by atoms with Crippen molar-refractivity contribution in [2.45, 2.75) is 23.0 Å². The van der Waals surface area contributed by atoms with Gasteiger partial charge in [-0.2, -0.15) is 5.10 Å². The van der Waals surface area contributed by atoms with Gasteiger partial charge in [0, 0.05) is 30.0 Å². The molecule has 3 aromatic rings. The van der Waals surface area contributed by atoms with Crippen LogP contribution in [0.4, 0.5) is 5.13 Å². The average Bonchev–Trinajstić information content (AvgIpc) is 3.43. The maximum absolute atomic E-state index is 13.5. The van der Waals surface area contributed by atoms with Crippen molar-refractivity contribution in [1.29, 1.82) is 0 Å². The minimum Gasteiger partial charge on any atom is -0.503 e. The van der Waals surface area contributed by atoms with E-state index in [0.29, 0.717) is 22.0 Å². The first-order valence-electron chi connectivity index (χ1n) is 12.7. The van der Waals surface area contributed by atoms with Gasteiger partial charge in [-0.15, -0.1) is 34.9 Å². The minimum atomic E-state index is -0.902. The molecule has 2 unspecified atom stereocenters. The molecule has 16 heteroatoms. The fraction of sp³-hybridized carbons (Fsp3) is 0.259. The molecule has 0 saturated carbocycles. The van der Waals surface area contributed by atoms with Crippen LogP contribution in [0.1, 0.15) is 11.3 Å². The van der Waals surface area contributed by atoms with Crippen LogP contribution in [0, 0.1) is 0 Å². The van der Waals surface area contributed by atoms with E-state index in [1.807, 2.05) is 30.3 Å². The number of thioether (sulfide) groups is 2. The van der Waals surface area contributed by atoms with E-state index in [-0.39, 0.29) is 33.9 Å². The summed E-state index contributed by atoms with van der Waals surface area (Å²) in [5.74, 6) is -1.04. The van der Waals surface area contributed by atoms with Crippen LogP contribution in [-0.4, -0.2) is 67.5 Å². The van der Waals surface area contributed by atoms with Crippen molar-refractivity contribution in [3.05, 3.63) is 85.9 Å². The summed E-state index contributed by atoms with van der Waals surface area (Å²) in [5.41, 5.74) is 7.29. The van der Waals surface area contributed by atoms with Crippen molar-refractivity contribution >= 4 is 74.9 Å². The summed E-state index contributed by atoms with van der Waals surface area (Å²) in [6, 6.07) is 9.65. The molecule has 224 valence electrons. The van der Waals surface area contributed by atoms with Crippen LogP contribution in [-0.2, 0) is 37.5 Å². The normalized spacial score (nSPS) is 18.2. The average molecular weight is 661 g/mol. The molecule has 2 amide bonds. The third kappa shape index (κ3) is 6.59. The molecular formula is C27H25ClN6O6S3. The number of thiazole rings is 1. The van der Waals surface area contributed by atoms with E-state index >= 15 is 0 Å². The van der Waals surface area contributed by atoms with Crippen molar-refractivity contribution in [1.82, 2.24) is 25.0 Å². The third-order valence-corrected chi connectivity index (χ3v) is 9.87. The fourth-order valence-electron chi connectivity index (χ4n) is 4.34. The first-order valence-corrected chi connectivity index (χ1v) is 16.0. The molecule has 2 aliphatic rings. The summed E-state index contributed by atoms with van der Waals surface area (Å²) < 4.78 is 12.2. The molecule has 2 atom stereocenters. The highest BCUT2D eigenvalue weighted by atomic mass is 35.5. The number of aromatic nitrogens is 3. The van der Waals surface area contributed by atoms with Crippen LogP contribution < -0.4 is 16.5 Å². The Bertz CT molecular complexity index is 1690. The number of β-lactam (4-membered cyclic amide) rings is 1. The Hall–Kier alpha value is -3.79. The van der Waals surface area contributed by atoms with E-state index in [4.69, 9.17) is 26.8 Å². The van der Waals surface area contributed by atoms with E-state index in [1.54, 1.807) is 12.4 Å². The second-order valence-electron chi connectivity index (χ2n) is 9.26. The van der Waals surface area contributed by atoms with E-state index in [9.17, 15) is 19.2 Å². The molecular weight excluding hydrogens is 636 g/mol. The number of rotatable bonds is 10. The van der Waals surface area contributed by atoms with Gasteiger partial charge in [0.25, 0.3) is 11.8 Å². The van der Waals surface area contributed by atoms with Gasteiger partial charge in [-0.1, -0.05) is 41.9 Å². The van der Waals surface area contributed by atoms with Gasteiger partial charge in [0.05, 0.1) is 24.1 Å². The van der Waals surface area contributed by atoms with E-state index in [0.717, 1.165) is 5.56 Å². The quantitative estimate of drug-likeness (QED) is 0.108. The first kappa shape index (κ1) is 30.7. The highest BCUT2D eigenvalue weighted by Gasteiger charge is 2.54. The van der Waals surface area contributed by atoms with Crippen LogP contribution in [0.3, 0.4) is 0 Å². The molecule has 0 radical (unpaired) electrons. The predicted octanol–water partition coefficient (Wildman–Crippen LogP) is 2.65. The summed E-state index contributed by atoms with van der Waals surface area (Å²) in [5, 5.41) is 8.49. The number of nitrogens with two attached hydrogens (primary N) is 1. The molecule has 3 N–H and O–H groups in total. The number of anilines is 1. The summed E-state index contributed by atoms with van der Waals surface area (Å²) in [6.45, 7) is 0.0150. The number of ether oxygens (including phenoxy) is 2. The van der Waals surface area contributed by atoms with Gasteiger partial charge < -0.3 is 20.5 Å². The van der Waals surface area contributed by atoms with Crippen LogP contribution >= 0.6 is 46.5 Å². The highest BCUT2D eigenvalue weighted by Crippen LogP contribution is 2.42. The zero-order valence-corrected chi connectivity index (χ0v) is 26.0. The SMILES string of the molecule is CO/C=C(\C(=O)NC1C(=O)N2C(C(=O)OCc3ccccc3)=C(CSc3cc(=O)c(Cl)nn3C)CSC12)c1csc(N)n1. The number of nitrogens with zero attached hydrogens (tertiary/aromatic N) is 4. The summed E-state index contributed by atoms with van der Waals surface area (Å²) in [7, 11) is 3.05. The van der Waals surface area contributed by atoms with Crippen LogP contribution in [0.25, 0.3) is 5.57 Å². The molecule has 1 saturated heterocycles. The largest absolute Gasteiger partial charge is 0.503 e. The highest BCUT2D eigenvalue weighted by molar-refractivity contribution is 8.01. The van der Waals surface area contributed by atoms with Crippen molar-refractivity contribution < 1.29 is 23.9 Å². The fourth-order valence-corrected chi connectivity index (χ4v) is 7.53. The lowest BCUT2D eigenvalue weighted by Gasteiger charge is -2.49. The van der Waals surface area contributed by atoms with Gasteiger partial charge >= 0.3 is 5.97 Å². The summed E-state index contributed by atoms with van der Waals surface area (Å²) >= 11 is 9.69. The second kappa shape index (κ2) is 13.2. The Kier molecular flexibility index (Phi) is 9.44. The van der Waals surface area contributed by atoms with Gasteiger partial charge in [-0.05, 0) is 11.1 Å². The lowest BCUT2D eigenvalue weighted by Crippen LogP contribution is -2.70. The zero-order chi connectivity index (χ0) is 30.7. The van der Waals surface area contributed by atoms with Crippen molar-refractivity contribution in [3.63, 3.8) is 0 Å². The van der Waals surface area contributed by atoms with Crippen molar-refractivity contribution in [3.8, 4) is 0 Å². The molecule has 4 heterocycles. The Morgan fingerprint density at radius 3 is 2.74 bits per heavy atom. The van der Waals surface area contributed by atoms with Gasteiger partial charge in [0.1, 0.15) is 29.3 Å². The van der Waals surface area contributed by atoms with Crippen LogP contribution in [0.2, 0.25) is 5.15 Å². The molecule has 1 fully saturated rings. The molecule has 2 aliphatic heterocycles. The predicted molar refractivity (Wildman–Crippen MR) is 165 cm³/mol. The lowest BCUT2D eigenvalue weighted by atomic mass is 10.0. The number of aryl methyl sites for hydroxylation is 1. The van der Waals surface area contributed by atoms with Gasteiger partial charge in [-0.25, -0.2) is 9.78 Å². The van der Waals surface area contributed by atoms with Gasteiger partial charge in [0.2, 0.25) is 5.43 Å². The standard InChI is InChI=1S/C27H25ClN6O6S3/c1-33-19(8-18(35)22(28)32-33)41-11-15-12-42-25-20(31-23(36)16(10-39-2)17-13-43-27(29)30-17)24(37)34(25)21(15)26(38)40-9-14-6-4-3-5-7-14/h3-8,10,13,20,25H,9,11-12H2,1-2H3,(H2,29,30)(H,31,36)/b16-10-. The summed E-state index contributed by atoms with van der Waals surface area (Å²) in [4.78, 5) is 57.7. The topological polar surface area (TPSA) is 159 Å². The van der Waals surface area contributed by atoms with Crippen molar-refractivity contribution in [2.24, 2.45) is 7.05 Å². The van der Waals surface area contributed by atoms with Crippen molar-refractivity contribution in [2.75, 3.05) is 24.3 Å². The molecule has 5 rings (SSSR count). The Morgan fingerprint density at radius 1 is 1.28 bits per heavy atom. The summed E-state index contributed by atoms with van der Waals surface area (Å²) in [6.07, 6.45) is 1.24. The number of hydrogen-bond acceptors (Lipinski definition) is 12. The van der Waals surface area contributed by atoms with E-state index < -0.39 is 34.6 Å².